The van der Waals surface area contributed by atoms with Crippen LogP contribution in [0.15, 0.2) is 73.2 Å². The van der Waals surface area contributed by atoms with Gasteiger partial charge in [0.15, 0.2) is 11.5 Å². The van der Waals surface area contributed by atoms with E-state index in [-0.39, 0.29) is 6.79 Å². The van der Waals surface area contributed by atoms with Gasteiger partial charge in [0.2, 0.25) is 6.79 Å². The average Bonchev–Trinajstić information content (AvgIpc) is 3.49. The second-order valence-electron chi connectivity index (χ2n) is 7.73. The van der Waals surface area contributed by atoms with E-state index in [4.69, 9.17) is 14.7 Å². The molecule has 6 nitrogen and oxygen atoms in total. The fourth-order valence-electron chi connectivity index (χ4n) is 4.17. The number of ether oxygens (including phenoxy) is 2. The van der Waals surface area contributed by atoms with Crippen molar-refractivity contribution < 1.29 is 9.47 Å². The SMILES string of the molecule is N#CCCc1ccc(-n2cnc3cnc4ccc(-c5ccc6c(c5)OCO6)cc4c32)cc1. The lowest BCUT2D eigenvalue weighted by molar-refractivity contribution is 0.174. The van der Waals surface area contributed by atoms with Crippen molar-refractivity contribution in [1.82, 2.24) is 14.5 Å². The Labute approximate surface area is 184 Å². The van der Waals surface area contributed by atoms with Gasteiger partial charge in [-0.2, -0.15) is 5.26 Å². The van der Waals surface area contributed by atoms with Gasteiger partial charge in [-0.25, -0.2) is 4.98 Å². The van der Waals surface area contributed by atoms with Crippen LogP contribution >= 0.6 is 0 Å². The zero-order valence-corrected chi connectivity index (χ0v) is 17.2. The first-order valence-electron chi connectivity index (χ1n) is 10.4. The molecule has 0 atom stereocenters. The van der Waals surface area contributed by atoms with Gasteiger partial charge in [0, 0.05) is 17.5 Å². The first-order chi connectivity index (χ1) is 15.8. The first-order valence-corrected chi connectivity index (χ1v) is 10.4. The summed E-state index contributed by atoms with van der Waals surface area (Å²) in [5, 5.41) is 9.85. The minimum absolute atomic E-state index is 0.259. The minimum Gasteiger partial charge on any atom is -0.454 e. The number of benzene rings is 3. The molecule has 0 aliphatic carbocycles. The Morgan fingerprint density at radius 3 is 2.56 bits per heavy atom. The molecule has 6 heteroatoms. The number of imidazole rings is 1. The first kappa shape index (κ1) is 18.4. The smallest absolute Gasteiger partial charge is 0.231 e. The summed E-state index contributed by atoms with van der Waals surface area (Å²) in [6, 6.07) is 22.7. The maximum Gasteiger partial charge on any atom is 0.231 e. The molecule has 32 heavy (non-hydrogen) atoms. The highest BCUT2D eigenvalue weighted by atomic mass is 16.7. The molecule has 3 heterocycles. The second-order valence-corrected chi connectivity index (χ2v) is 7.73. The largest absolute Gasteiger partial charge is 0.454 e. The van der Waals surface area contributed by atoms with Crippen LogP contribution in [-0.4, -0.2) is 21.3 Å². The Morgan fingerprint density at radius 1 is 0.875 bits per heavy atom. The van der Waals surface area contributed by atoms with Crippen molar-refractivity contribution in [3.63, 3.8) is 0 Å². The number of nitrogens with zero attached hydrogens (tertiary/aromatic N) is 4. The number of hydrogen-bond donors (Lipinski definition) is 0. The summed E-state index contributed by atoms with van der Waals surface area (Å²) >= 11 is 0. The molecule has 1 aliphatic heterocycles. The number of nitriles is 1. The zero-order chi connectivity index (χ0) is 21.5. The third kappa shape index (κ3) is 3.03. The third-order valence-electron chi connectivity index (χ3n) is 5.82. The molecule has 0 fully saturated rings. The van der Waals surface area contributed by atoms with Gasteiger partial charge in [0.25, 0.3) is 0 Å². The lowest BCUT2D eigenvalue weighted by Gasteiger charge is -2.09. The Hall–Kier alpha value is -4.37. The van der Waals surface area contributed by atoms with E-state index in [2.05, 4.69) is 57.0 Å². The summed E-state index contributed by atoms with van der Waals surface area (Å²) in [5.41, 5.74) is 7.07. The fourth-order valence-corrected chi connectivity index (χ4v) is 4.17. The Kier molecular flexibility index (Phi) is 4.25. The van der Waals surface area contributed by atoms with Gasteiger partial charge in [-0.15, -0.1) is 0 Å². The van der Waals surface area contributed by atoms with E-state index in [0.29, 0.717) is 6.42 Å². The summed E-state index contributed by atoms with van der Waals surface area (Å²) in [4.78, 5) is 9.19. The number of fused-ring (bicyclic) bond motifs is 4. The van der Waals surface area contributed by atoms with Crippen LogP contribution in [0.25, 0.3) is 38.8 Å². The molecular weight excluding hydrogens is 400 g/mol. The second kappa shape index (κ2) is 7.40. The van der Waals surface area contributed by atoms with E-state index in [1.807, 2.05) is 36.8 Å². The van der Waals surface area contributed by atoms with E-state index in [0.717, 1.165) is 62.2 Å². The van der Waals surface area contributed by atoms with Crippen molar-refractivity contribution in [3.8, 4) is 34.4 Å². The molecule has 2 aromatic heterocycles. The summed E-state index contributed by atoms with van der Waals surface area (Å²) in [7, 11) is 0. The van der Waals surface area contributed by atoms with Crippen LogP contribution in [0.3, 0.4) is 0 Å². The maximum atomic E-state index is 8.82. The number of rotatable bonds is 4. The molecule has 154 valence electrons. The Bertz CT molecular complexity index is 1510. The van der Waals surface area contributed by atoms with E-state index < -0.39 is 0 Å². The van der Waals surface area contributed by atoms with Gasteiger partial charge in [0.05, 0.1) is 23.3 Å². The lowest BCUT2D eigenvalue weighted by atomic mass is 10.0. The number of hydrogen-bond acceptors (Lipinski definition) is 5. The molecule has 0 spiro atoms. The van der Waals surface area contributed by atoms with E-state index in [9.17, 15) is 0 Å². The maximum absolute atomic E-state index is 8.82. The van der Waals surface area contributed by atoms with Gasteiger partial charge in [-0.1, -0.05) is 24.3 Å². The molecule has 3 aromatic carbocycles. The van der Waals surface area contributed by atoms with Crippen LogP contribution in [0, 0.1) is 11.3 Å². The summed E-state index contributed by atoms with van der Waals surface area (Å²) in [6.07, 6.45) is 4.93. The Morgan fingerprint density at radius 2 is 1.69 bits per heavy atom. The van der Waals surface area contributed by atoms with Crippen molar-refractivity contribution in [1.29, 1.82) is 5.26 Å². The standard InChI is InChI=1S/C26H18N4O2/c27-11-1-2-17-3-7-20(8-4-17)30-15-29-23-14-28-22-9-5-18(12-21(22)26(23)30)19-6-10-24-25(13-19)32-16-31-24/h3-10,12-15H,1-2,16H2. The molecule has 6 rings (SSSR count). The van der Waals surface area contributed by atoms with Crippen molar-refractivity contribution in [3.05, 3.63) is 78.8 Å². The quantitative estimate of drug-likeness (QED) is 0.389. The van der Waals surface area contributed by atoms with E-state index >= 15 is 0 Å². The number of aromatic nitrogens is 3. The van der Waals surface area contributed by atoms with Crippen molar-refractivity contribution in [2.45, 2.75) is 12.8 Å². The predicted octanol–water partition coefficient (Wildman–Crippen LogP) is 5.43. The third-order valence-corrected chi connectivity index (χ3v) is 5.82. The molecule has 1 aliphatic rings. The van der Waals surface area contributed by atoms with E-state index in [1.54, 1.807) is 0 Å². The monoisotopic (exact) mass is 418 g/mol. The van der Waals surface area contributed by atoms with Gasteiger partial charge in [-0.3, -0.25) is 9.55 Å². The van der Waals surface area contributed by atoms with Crippen LogP contribution in [0.2, 0.25) is 0 Å². The molecule has 0 bridgehead atoms. The van der Waals surface area contributed by atoms with Crippen LogP contribution in [0.5, 0.6) is 11.5 Å². The van der Waals surface area contributed by atoms with Crippen molar-refractivity contribution in [2.75, 3.05) is 6.79 Å². The van der Waals surface area contributed by atoms with Crippen LogP contribution in [0.4, 0.5) is 0 Å². The van der Waals surface area contributed by atoms with Gasteiger partial charge >= 0.3 is 0 Å². The molecule has 5 aromatic rings. The Balaban J connectivity index is 1.48. The zero-order valence-electron chi connectivity index (χ0n) is 17.2. The molecule has 0 saturated carbocycles. The van der Waals surface area contributed by atoms with Gasteiger partial charge in [-0.05, 0) is 59.5 Å². The highest BCUT2D eigenvalue weighted by molar-refractivity contribution is 6.04. The summed E-state index contributed by atoms with van der Waals surface area (Å²) < 4.78 is 13.1. The van der Waals surface area contributed by atoms with Crippen LogP contribution in [-0.2, 0) is 6.42 Å². The van der Waals surface area contributed by atoms with Gasteiger partial charge < -0.3 is 9.47 Å². The average molecular weight is 418 g/mol. The van der Waals surface area contributed by atoms with Gasteiger partial charge in [0.1, 0.15) is 11.8 Å². The molecule has 0 amide bonds. The highest BCUT2D eigenvalue weighted by Crippen LogP contribution is 2.37. The summed E-state index contributed by atoms with van der Waals surface area (Å²) in [6.45, 7) is 0.259. The molecule has 0 radical (unpaired) electrons. The molecule has 0 unspecified atom stereocenters. The highest BCUT2D eigenvalue weighted by Gasteiger charge is 2.15. The van der Waals surface area contributed by atoms with E-state index in [1.165, 1.54) is 0 Å². The predicted molar refractivity (Wildman–Crippen MR) is 122 cm³/mol. The number of pyridine rings is 1. The molecule has 0 saturated heterocycles. The lowest BCUT2D eigenvalue weighted by Crippen LogP contribution is -1.94. The molecule has 0 N–H and O–H groups in total. The fraction of sp³-hybridized carbons (Fsp3) is 0.115. The normalized spacial score (nSPS) is 12.3. The van der Waals surface area contributed by atoms with Crippen molar-refractivity contribution in [2.24, 2.45) is 0 Å². The van der Waals surface area contributed by atoms with Crippen LogP contribution < -0.4 is 9.47 Å². The molecular formula is C26H18N4O2. The summed E-state index contributed by atoms with van der Waals surface area (Å²) in [5.74, 6) is 1.54. The minimum atomic E-state index is 0.259. The number of aryl methyl sites for hydroxylation is 1. The topological polar surface area (TPSA) is 73.0 Å². The van der Waals surface area contributed by atoms with Crippen molar-refractivity contribution >= 4 is 21.9 Å². The van der Waals surface area contributed by atoms with Crippen LogP contribution in [0.1, 0.15) is 12.0 Å².